The quantitative estimate of drug-likeness (QED) is 0.670. The number of nitrogens with one attached hydrogen (secondary N) is 1. The largest absolute Gasteiger partial charge is 0.461 e. The van der Waals surface area contributed by atoms with E-state index in [0.717, 1.165) is 32.5 Å². The van der Waals surface area contributed by atoms with Gasteiger partial charge in [-0.3, -0.25) is 0 Å². The number of rotatable bonds is 10. The van der Waals surface area contributed by atoms with Crippen LogP contribution in [-0.4, -0.2) is 48.1 Å². The molecule has 1 heterocycles. The second kappa shape index (κ2) is 9.39. The first-order chi connectivity index (χ1) is 10.1. The highest BCUT2D eigenvalue weighted by Gasteiger charge is 2.14. The van der Waals surface area contributed by atoms with Gasteiger partial charge in [-0.2, -0.15) is 4.98 Å². The number of hydrogen-bond donors (Lipinski definition) is 1. The van der Waals surface area contributed by atoms with Crippen molar-refractivity contribution in [3.05, 3.63) is 12.0 Å². The summed E-state index contributed by atoms with van der Waals surface area (Å²) < 4.78 is 10.1. The minimum absolute atomic E-state index is 0.203. The van der Waals surface area contributed by atoms with Crippen LogP contribution in [0.5, 0.6) is 0 Å². The van der Waals surface area contributed by atoms with Gasteiger partial charge in [-0.25, -0.2) is 4.79 Å². The monoisotopic (exact) mass is 297 g/mol. The molecule has 1 N–H and O–H groups in total. The summed E-state index contributed by atoms with van der Waals surface area (Å²) in [7, 11) is 0. The van der Waals surface area contributed by atoms with Gasteiger partial charge in [0.05, 0.1) is 6.61 Å². The Hall–Kier alpha value is -1.56. The third-order valence-corrected chi connectivity index (χ3v) is 3.36. The maximum atomic E-state index is 11.5. The molecular weight excluding hydrogens is 270 g/mol. The van der Waals surface area contributed by atoms with Crippen LogP contribution in [0.4, 0.5) is 6.01 Å². The standard InChI is InChI=1S/C15H27N3O3/c1-5-18(6-2)10-8-9-12(4)16-15-17-13(11-21-15)14(19)20-7-3/h11-12H,5-10H2,1-4H3,(H,16,17). The van der Waals surface area contributed by atoms with Crippen LogP contribution in [0.1, 0.15) is 51.0 Å². The van der Waals surface area contributed by atoms with E-state index in [0.29, 0.717) is 12.6 Å². The highest BCUT2D eigenvalue weighted by atomic mass is 16.5. The topological polar surface area (TPSA) is 67.6 Å². The fourth-order valence-electron chi connectivity index (χ4n) is 2.08. The number of nitrogens with zero attached hydrogens (tertiary/aromatic N) is 2. The normalized spacial score (nSPS) is 12.4. The first kappa shape index (κ1) is 17.5. The molecule has 0 spiro atoms. The van der Waals surface area contributed by atoms with E-state index < -0.39 is 5.97 Å². The number of ether oxygens (including phenoxy) is 1. The van der Waals surface area contributed by atoms with Gasteiger partial charge in [0.15, 0.2) is 5.69 Å². The zero-order valence-electron chi connectivity index (χ0n) is 13.5. The van der Waals surface area contributed by atoms with Crippen LogP contribution >= 0.6 is 0 Å². The zero-order valence-corrected chi connectivity index (χ0v) is 13.5. The summed E-state index contributed by atoms with van der Waals surface area (Å²) in [6, 6.07) is 0.614. The summed E-state index contributed by atoms with van der Waals surface area (Å²) in [6.45, 7) is 11.8. The Labute approximate surface area is 126 Å². The number of esters is 1. The van der Waals surface area contributed by atoms with Crippen LogP contribution in [0.3, 0.4) is 0 Å². The van der Waals surface area contributed by atoms with Gasteiger partial charge in [-0.05, 0) is 46.3 Å². The van der Waals surface area contributed by atoms with E-state index in [2.05, 4.69) is 36.0 Å². The van der Waals surface area contributed by atoms with Gasteiger partial charge in [0.2, 0.25) is 0 Å². The van der Waals surface area contributed by atoms with Crippen LogP contribution in [0.2, 0.25) is 0 Å². The van der Waals surface area contributed by atoms with E-state index in [1.165, 1.54) is 6.26 Å². The van der Waals surface area contributed by atoms with Gasteiger partial charge in [-0.15, -0.1) is 0 Å². The minimum Gasteiger partial charge on any atom is -0.461 e. The molecule has 0 aliphatic rings. The van der Waals surface area contributed by atoms with E-state index in [1.807, 2.05) is 0 Å². The summed E-state index contributed by atoms with van der Waals surface area (Å²) in [5.74, 6) is -0.455. The average Bonchev–Trinajstić information content (AvgIpc) is 2.92. The lowest BCUT2D eigenvalue weighted by Gasteiger charge is -2.19. The molecular formula is C15H27N3O3. The van der Waals surface area contributed by atoms with E-state index in [4.69, 9.17) is 9.15 Å². The Morgan fingerprint density at radius 2 is 2.14 bits per heavy atom. The van der Waals surface area contributed by atoms with Crippen molar-refractivity contribution in [2.75, 3.05) is 31.6 Å². The van der Waals surface area contributed by atoms with Crippen molar-refractivity contribution in [2.45, 2.75) is 46.6 Å². The van der Waals surface area contributed by atoms with Crippen molar-refractivity contribution in [2.24, 2.45) is 0 Å². The predicted molar refractivity (Wildman–Crippen MR) is 82.6 cm³/mol. The highest BCUT2D eigenvalue weighted by molar-refractivity contribution is 5.87. The molecule has 0 radical (unpaired) electrons. The molecule has 1 atom stereocenters. The molecule has 0 amide bonds. The maximum Gasteiger partial charge on any atom is 0.360 e. The third-order valence-electron chi connectivity index (χ3n) is 3.36. The third kappa shape index (κ3) is 6.16. The molecule has 0 aliphatic carbocycles. The summed E-state index contributed by atoms with van der Waals surface area (Å²) in [5.41, 5.74) is 0.203. The Morgan fingerprint density at radius 1 is 1.43 bits per heavy atom. The van der Waals surface area contributed by atoms with Crippen molar-refractivity contribution < 1.29 is 13.9 Å². The molecule has 1 unspecified atom stereocenters. The number of hydrogen-bond acceptors (Lipinski definition) is 6. The van der Waals surface area contributed by atoms with Crippen molar-refractivity contribution >= 4 is 12.0 Å². The smallest absolute Gasteiger partial charge is 0.360 e. The summed E-state index contributed by atoms with van der Waals surface area (Å²) in [5, 5.41) is 3.16. The van der Waals surface area contributed by atoms with Crippen molar-refractivity contribution in [3.63, 3.8) is 0 Å². The fraction of sp³-hybridized carbons (Fsp3) is 0.733. The van der Waals surface area contributed by atoms with Crippen LogP contribution in [0.15, 0.2) is 10.7 Å². The van der Waals surface area contributed by atoms with Gasteiger partial charge in [0.25, 0.3) is 6.01 Å². The second-order valence-corrected chi connectivity index (χ2v) is 4.97. The van der Waals surface area contributed by atoms with Crippen molar-refractivity contribution in [1.29, 1.82) is 0 Å². The molecule has 0 saturated carbocycles. The molecule has 0 aliphatic heterocycles. The molecule has 0 aromatic carbocycles. The Bertz CT molecular complexity index is 416. The molecule has 120 valence electrons. The number of aromatic nitrogens is 1. The maximum absolute atomic E-state index is 11.5. The molecule has 0 saturated heterocycles. The first-order valence-electron chi connectivity index (χ1n) is 7.72. The van der Waals surface area contributed by atoms with E-state index >= 15 is 0 Å². The first-order valence-corrected chi connectivity index (χ1v) is 7.72. The van der Waals surface area contributed by atoms with Crippen molar-refractivity contribution in [3.8, 4) is 0 Å². The molecule has 1 aromatic rings. The van der Waals surface area contributed by atoms with Gasteiger partial charge in [0, 0.05) is 6.04 Å². The van der Waals surface area contributed by atoms with Crippen LogP contribution in [0, 0.1) is 0 Å². The second-order valence-electron chi connectivity index (χ2n) is 4.97. The van der Waals surface area contributed by atoms with E-state index in [-0.39, 0.29) is 11.7 Å². The lowest BCUT2D eigenvalue weighted by molar-refractivity contribution is 0.0519. The Morgan fingerprint density at radius 3 is 2.76 bits per heavy atom. The van der Waals surface area contributed by atoms with Gasteiger partial charge >= 0.3 is 5.97 Å². The zero-order chi connectivity index (χ0) is 15.7. The van der Waals surface area contributed by atoms with Gasteiger partial charge in [-0.1, -0.05) is 13.8 Å². The summed E-state index contributed by atoms with van der Waals surface area (Å²) in [4.78, 5) is 18.0. The molecule has 0 fully saturated rings. The number of carbonyl (C=O) groups excluding carboxylic acids is 1. The summed E-state index contributed by atoms with van der Waals surface area (Å²) >= 11 is 0. The molecule has 1 rings (SSSR count). The fourth-order valence-corrected chi connectivity index (χ4v) is 2.08. The highest BCUT2D eigenvalue weighted by Crippen LogP contribution is 2.12. The lowest BCUT2D eigenvalue weighted by Crippen LogP contribution is -2.25. The van der Waals surface area contributed by atoms with Crippen LogP contribution < -0.4 is 5.32 Å². The van der Waals surface area contributed by atoms with Crippen LogP contribution in [0.25, 0.3) is 0 Å². The van der Waals surface area contributed by atoms with Crippen LogP contribution in [-0.2, 0) is 4.74 Å². The van der Waals surface area contributed by atoms with Gasteiger partial charge in [0.1, 0.15) is 6.26 Å². The Kier molecular flexibility index (Phi) is 7.82. The number of anilines is 1. The molecule has 21 heavy (non-hydrogen) atoms. The lowest BCUT2D eigenvalue weighted by atomic mass is 10.2. The SMILES string of the molecule is CCOC(=O)c1coc(NC(C)CCCN(CC)CC)n1. The predicted octanol–water partition coefficient (Wildman–Crippen LogP) is 2.77. The van der Waals surface area contributed by atoms with Crippen molar-refractivity contribution in [1.82, 2.24) is 9.88 Å². The number of carbonyl (C=O) groups is 1. The summed E-state index contributed by atoms with van der Waals surface area (Å²) in [6.07, 6.45) is 3.46. The Balaban J connectivity index is 2.34. The molecule has 6 nitrogen and oxygen atoms in total. The van der Waals surface area contributed by atoms with E-state index in [1.54, 1.807) is 6.92 Å². The average molecular weight is 297 g/mol. The molecule has 1 aromatic heterocycles. The minimum atomic E-state index is -0.455. The molecule has 6 heteroatoms. The van der Waals surface area contributed by atoms with Gasteiger partial charge < -0.3 is 19.4 Å². The number of oxazole rings is 1. The van der Waals surface area contributed by atoms with E-state index in [9.17, 15) is 4.79 Å². The molecule has 0 bridgehead atoms.